The number of para-hydroxylation sites is 1. The van der Waals surface area contributed by atoms with Crippen LogP contribution in [0, 0.1) is 24.4 Å². The first-order valence-electron chi connectivity index (χ1n) is 7.13. The van der Waals surface area contributed by atoms with Gasteiger partial charge < -0.3 is 9.84 Å². The summed E-state index contributed by atoms with van der Waals surface area (Å²) in [5.74, 6) is -6.91. The molecule has 9 heteroatoms. The van der Waals surface area contributed by atoms with E-state index >= 15 is 0 Å². The van der Waals surface area contributed by atoms with E-state index in [1.54, 1.807) is 18.2 Å². The molecule has 0 bridgehead atoms. The lowest BCUT2D eigenvalue weighted by molar-refractivity contribution is -0.164. The number of rotatable bonds is 4. The molecule has 0 fully saturated rings. The maximum atomic E-state index is 14.1. The number of halogens is 3. The van der Waals surface area contributed by atoms with Crippen molar-refractivity contribution < 1.29 is 27.8 Å². The molecule has 0 spiro atoms. The molecule has 0 saturated carbocycles. The molecule has 0 amide bonds. The lowest BCUT2D eigenvalue weighted by Gasteiger charge is -2.27. The van der Waals surface area contributed by atoms with Crippen LogP contribution in [0.25, 0.3) is 11.0 Å². The SMILES string of the molecule is Cc1cc(F)c(OC(C)(C(=O)O)n2nnc3ccccc32)c(F)c1F. The number of carboxylic acid groups (broad SMARTS) is 1. The van der Waals surface area contributed by atoms with Crippen molar-refractivity contribution in [1.29, 1.82) is 0 Å². The molecule has 0 aliphatic carbocycles. The molecule has 1 atom stereocenters. The molecular weight excluding hydrogens is 339 g/mol. The standard InChI is InChI=1S/C16H12F3N3O3/c1-8-7-9(17)14(13(19)12(8)18)25-16(2,15(23)24)22-11-6-4-3-5-10(11)20-21-22/h3-7H,1-2H3,(H,23,24). The number of hydrogen-bond acceptors (Lipinski definition) is 4. The highest BCUT2D eigenvalue weighted by Crippen LogP contribution is 2.32. The predicted molar refractivity (Wildman–Crippen MR) is 80.5 cm³/mol. The van der Waals surface area contributed by atoms with Crippen molar-refractivity contribution in [3.05, 3.63) is 53.3 Å². The van der Waals surface area contributed by atoms with E-state index < -0.39 is 34.9 Å². The molecule has 0 radical (unpaired) electrons. The van der Waals surface area contributed by atoms with Crippen molar-refractivity contribution in [3.8, 4) is 5.75 Å². The Hall–Kier alpha value is -3.10. The van der Waals surface area contributed by atoms with Crippen LogP contribution in [-0.2, 0) is 10.5 Å². The third-order valence-electron chi connectivity index (χ3n) is 3.75. The molecule has 1 N–H and O–H groups in total. The van der Waals surface area contributed by atoms with E-state index in [2.05, 4.69) is 10.3 Å². The summed E-state index contributed by atoms with van der Waals surface area (Å²) in [4.78, 5) is 11.8. The maximum Gasteiger partial charge on any atom is 0.371 e. The predicted octanol–water partition coefficient (Wildman–Crippen LogP) is 2.99. The van der Waals surface area contributed by atoms with Crippen LogP contribution in [0.1, 0.15) is 12.5 Å². The zero-order valence-electron chi connectivity index (χ0n) is 13.1. The van der Waals surface area contributed by atoms with Crippen molar-refractivity contribution >= 4 is 17.0 Å². The van der Waals surface area contributed by atoms with Gasteiger partial charge in [0, 0.05) is 6.92 Å². The summed E-state index contributed by atoms with van der Waals surface area (Å²) in [6.45, 7) is 2.21. The van der Waals surface area contributed by atoms with Crippen LogP contribution < -0.4 is 4.74 Å². The van der Waals surface area contributed by atoms with Crippen molar-refractivity contribution in [2.75, 3.05) is 0 Å². The molecule has 1 unspecified atom stereocenters. The Labute approximate surface area is 139 Å². The number of aryl methyl sites for hydroxylation is 1. The third kappa shape index (κ3) is 2.57. The van der Waals surface area contributed by atoms with E-state index in [1.165, 1.54) is 13.0 Å². The highest BCUT2D eigenvalue weighted by Gasteiger charge is 2.42. The number of aromatic nitrogens is 3. The highest BCUT2D eigenvalue weighted by molar-refractivity contribution is 5.80. The quantitative estimate of drug-likeness (QED) is 0.731. The van der Waals surface area contributed by atoms with Crippen LogP contribution in [-0.4, -0.2) is 26.1 Å². The first-order chi connectivity index (χ1) is 11.8. The Kier molecular flexibility index (Phi) is 3.86. The number of ether oxygens (including phenoxy) is 1. The Morgan fingerprint density at radius 1 is 1.24 bits per heavy atom. The number of fused-ring (bicyclic) bond motifs is 1. The van der Waals surface area contributed by atoms with Crippen LogP contribution in [0.2, 0.25) is 0 Å². The fourth-order valence-corrected chi connectivity index (χ4v) is 2.35. The van der Waals surface area contributed by atoms with E-state index in [-0.39, 0.29) is 11.1 Å². The van der Waals surface area contributed by atoms with Gasteiger partial charge in [-0.05, 0) is 30.7 Å². The van der Waals surface area contributed by atoms with Gasteiger partial charge in [0.1, 0.15) is 5.52 Å². The van der Waals surface area contributed by atoms with Crippen LogP contribution in [0.3, 0.4) is 0 Å². The first-order valence-corrected chi connectivity index (χ1v) is 7.13. The zero-order valence-corrected chi connectivity index (χ0v) is 13.1. The van der Waals surface area contributed by atoms with Gasteiger partial charge in [0.2, 0.25) is 5.82 Å². The van der Waals surface area contributed by atoms with Gasteiger partial charge in [0.05, 0.1) is 5.52 Å². The molecule has 1 heterocycles. The molecule has 1 aromatic heterocycles. The van der Waals surface area contributed by atoms with E-state index in [0.717, 1.165) is 17.7 Å². The molecule has 0 aliphatic rings. The smallest absolute Gasteiger partial charge is 0.371 e. The summed E-state index contributed by atoms with van der Waals surface area (Å²) in [5, 5.41) is 17.1. The second kappa shape index (κ2) is 5.76. The maximum absolute atomic E-state index is 14.1. The Balaban J connectivity index is 2.18. The van der Waals surface area contributed by atoms with Crippen LogP contribution in [0.5, 0.6) is 5.75 Å². The van der Waals surface area contributed by atoms with E-state index in [9.17, 15) is 23.1 Å². The van der Waals surface area contributed by atoms with Crippen LogP contribution in [0.15, 0.2) is 30.3 Å². The second-order valence-electron chi connectivity index (χ2n) is 5.51. The van der Waals surface area contributed by atoms with Crippen LogP contribution in [0.4, 0.5) is 13.2 Å². The normalized spacial score (nSPS) is 13.6. The Bertz CT molecular complexity index is 989. The van der Waals surface area contributed by atoms with Gasteiger partial charge in [0.15, 0.2) is 17.4 Å². The first kappa shape index (κ1) is 16.7. The second-order valence-corrected chi connectivity index (χ2v) is 5.51. The Morgan fingerprint density at radius 3 is 2.60 bits per heavy atom. The molecule has 25 heavy (non-hydrogen) atoms. The fraction of sp³-hybridized carbons (Fsp3) is 0.188. The van der Waals surface area contributed by atoms with Gasteiger partial charge in [-0.1, -0.05) is 17.3 Å². The molecule has 6 nitrogen and oxygen atoms in total. The number of carboxylic acids is 1. The van der Waals surface area contributed by atoms with Gasteiger partial charge in [-0.15, -0.1) is 5.10 Å². The average molecular weight is 351 g/mol. The number of benzene rings is 2. The lowest BCUT2D eigenvalue weighted by Crippen LogP contribution is -2.45. The third-order valence-corrected chi connectivity index (χ3v) is 3.75. The van der Waals surface area contributed by atoms with E-state index in [0.29, 0.717) is 5.52 Å². The molecule has 2 aromatic carbocycles. The summed E-state index contributed by atoms with van der Waals surface area (Å²) in [7, 11) is 0. The van der Waals surface area contributed by atoms with Gasteiger partial charge >= 0.3 is 5.97 Å². The number of carbonyl (C=O) groups is 1. The summed E-state index contributed by atoms with van der Waals surface area (Å²) < 4.78 is 47.9. The van der Waals surface area contributed by atoms with E-state index in [1.807, 2.05) is 0 Å². The fourth-order valence-electron chi connectivity index (χ4n) is 2.35. The highest BCUT2D eigenvalue weighted by atomic mass is 19.2. The molecule has 3 rings (SSSR count). The summed E-state index contributed by atoms with van der Waals surface area (Å²) >= 11 is 0. The minimum absolute atomic E-state index is 0.265. The summed E-state index contributed by atoms with van der Waals surface area (Å²) in [6.07, 6.45) is 0. The van der Waals surface area contributed by atoms with Crippen molar-refractivity contribution in [1.82, 2.24) is 15.0 Å². The Morgan fingerprint density at radius 2 is 1.92 bits per heavy atom. The largest absolute Gasteiger partial charge is 0.477 e. The molecule has 0 aliphatic heterocycles. The monoisotopic (exact) mass is 351 g/mol. The zero-order chi connectivity index (χ0) is 18.4. The van der Waals surface area contributed by atoms with Crippen LogP contribution >= 0.6 is 0 Å². The molecule has 0 saturated heterocycles. The average Bonchev–Trinajstić information content (AvgIpc) is 3.01. The van der Waals surface area contributed by atoms with Gasteiger partial charge in [0.25, 0.3) is 5.72 Å². The van der Waals surface area contributed by atoms with Crippen molar-refractivity contribution in [2.45, 2.75) is 19.6 Å². The van der Waals surface area contributed by atoms with Crippen molar-refractivity contribution in [3.63, 3.8) is 0 Å². The van der Waals surface area contributed by atoms with Crippen molar-refractivity contribution in [2.24, 2.45) is 0 Å². The molecular formula is C16H12F3N3O3. The molecule has 3 aromatic rings. The van der Waals surface area contributed by atoms with E-state index in [4.69, 9.17) is 4.74 Å². The number of hydrogen-bond donors (Lipinski definition) is 1. The summed E-state index contributed by atoms with van der Waals surface area (Å²) in [6, 6.07) is 7.08. The minimum Gasteiger partial charge on any atom is -0.477 e. The topological polar surface area (TPSA) is 77.2 Å². The lowest BCUT2D eigenvalue weighted by atomic mass is 10.2. The molecule has 130 valence electrons. The van der Waals surface area contributed by atoms with Gasteiger partial charge in [-0.25, -0.2) is 13.6 Å². The summed E-state index contributed by atoms with van der Waals surface area (Å²) in [5.41, 5.74) is -2.01. The van der Waals surface area contributed by atoms with Gasteiger partial charge in [-0.3, -0.25) is 0 Å². The number of aliphatic carboxylic acids is 1. The minimum atomic E-state index is -2.36. The van der Waals surface area contributed by atoms with Gasteiger partial charge in [-0.2, -0.15) is 9.07 Å². The number of nitrogens with zero attached hydrogens (tertiary/aromatic N) is 3.